The van der Waals surface area contributed by atoms with Crippen LogP contribution >= 0.6 is 0 Å². The fraction of sp³-hybridized carbons (Fsp3) is 0.241. The van der Waals surface area contributed by atoms with Gasteiger partial charge in [-0.1, -0.05) is 68.4 Å². The van der Waals surface area contributed by atoms with E-state index >= 15 is 0 Å². The highest BCUT2D eigenvalue weighted by atomic mass is 16.5. The molecule has 0 fully saturated rings. The summed E-state index contributed by atoms with van der Waals surface area (Å²) in [6, 6.07) is 25.1. The third-order valence-corrected chi connectivity index (χ3v) is 5.99. The van der Waals surface area contributed by atoms with Crippen molar-refractivity contribution < 1.29 is 19.4 Å². The van der Waals surface area contributed by atoms with E-state index < -0.39 is 12.2 Å². The Morgan fingerprint density at radius 3 is 2.27 bits per heavy atom. The first-order valence-electron chi connectivity index (χ1n) is 12.2. The van der Waals surface area contributed by atoms with E-state index in [1.54, 1.807) is 18.4 Å². The van der Waals surface area contributed by atoms with E-state index in [4.69, 9.17) is 9.84 Å². The van der Waals surface area contributed by atoms with E-state index in [1.165, 1.54) is 0 Å². The van der Waals surface area contributed by atoms with E-state index in [-0.39, 0.29) is 24.9 Å². The molecule has 0 aromatic heterocycles. The number of carboxylic acid groups (broad SMARTS) is 1. The average Bonchev–Trinajstić information content (AvgIpc) is 2.92. The molecule has 1 aliphatic rings. The van der Waals surface area contributed by atoms with Gasteiger partial charge in [0.05, 0.1) is 12.5 Å². The normalized spacial score (nSPS) is 15.4. The minimum Gasteiger partial charge on any atom is -0.481 e. The Morgan fingerprint density at radius 1 is 0.973 bits per heavy atom. The van der Waals surface area contributed by atoms with Gasteiger partial charge in [-0.15, -0.1) is 10.2 Å². The molecule has 3 aromatic rings. The zero-order chi connectivity index (χ0) is 26.2. The monoisotopic (exact) mass is 498 g/mol. The molecule has 0 spiro atoms. The van der Waals surface area contributed by atoms with Crippen molar-refractivity contribution in [2.24, 2.45) is 16.1 Å². The van der Waals surface area contributed by atoms with Crippen molar-refractivity contribution in [1.82, 2.24) is 5.32 Å². The van der Waals surface area contributed by atoms with Crippen LogP contribution in [-0.4, -0.2) is 23.5 Å². The van der Waals surface area contributed by atoms with Gasteiger partial charge in [-0.25, -0.2) is 0 Å². The molecule has 3 aromatic carbocycles. The summed E-state index contributed by atoms with van der Waals surface area (Å²) >= 11 is 0. The van der Waals surface area contributed by atoms with E-state index in [1.807, 2.05) is 54.6 Å². The summed E-state index contributed by atoms with van der Waals surface area (Å²) in [4.78, 5) is 22.8. The van der Waals surface area contributed by atoms with Crippen LogP contribution in [0.2, 0.25) is 0 Å². The standard InChI is InChI=1S/C29H30N4O4/c1-19(2)27(31-24-14-12-22(13-15-24)28(36)30-17-16-26(34)35)21-8-10-23(11-9-21)29-33-32-25(18-37-29)20-6-4-3-5-7-20/h3-15,18-19,27,29,31H,16-17H2,1-2H3,(H,30,36)(H,34,35). The van der Waals surface area contributed by atoms with Gasteiger partial charge in [0.1, 0.15) is 12.0 Å². The number of rotatable bonds is 10. The number of hydrogen-bond acceptors (Lipinski definition) is 6. The summed E-state index contributed by atoms with van der Waals surface area (Å²) in [6.07, 6.45) is 1.05. The summed E-state index contributed by atoms with van der Waals surface area (Å²) in [5.74, 6) is -0.944. The fourth-order valence-electron chi connectivity index (χ4n) is 3.96. The number of benzene rings is 3. The Balaban J connectivity index is 1.38. The molecular weight excluding hydrogens is 468 g/mol. The molecular formula is C29H30N4O4. The van der Waals surface area contributed by atoms with Crippen LogP contribution in [0.4, 0.5) is 5.69 Å². The maximum atomic E-state index is 12.2. The van der Waals surface area contributed by atoms with Gasteiger partial charge in [0.15, 0.2) is 0 Å². The predicted octanol–water partition coefficient (Wildman–Crippen LogP) is 6.18. The smallest absolute Gasteiger partial charge is 0.305 e. The average molecular weight is 499 g/mol. The number of carbonyl (C=O) groups is 2. The second-order valence-electron chi connectivity index (χ2n) is 9.08. The molecule has 8 nitrogen and oxygen atoms in total. The van der Waals surface area contributed by atoms with Crippen molar-refractivity contribution in [2.75, 3.05) is 11.9 Å². The van der Waals surface area contributed by atoms with Gasteiger partial charge in [-0.3, -0.25) is 9.59 Å². The minimum atomic E-state index is -0.947. The number of amides is 1. The Kier molecular flexibility index (Phi) is 8.30. The Bertz CT molecular complexity index is 1270. The number of nitrogens with zero attached hydrogens (tertiary/aromatic N) is 2. The summed E-state index contributed by atoms with van der Waals surface area (Å²) in [7, 11) is 0. The lowest BCUT2D eigenvalue weighted by Gasteiger charge is -2.25. The first-order valence-corrected chi connectivity index (χ1v) is 12.2. The summed E-state index contributed by atoms with van der Waals surface area (Å²) < 4.78 is 5.84. The van der Waals surface area contributed by atoms with Gasteiger partial charge in [0.2, 0.25) is 6.23 Å². The predicted molar refractivity (Wildman–Crippen MR) is 142 cm³/mol. The van der Waals surface area contributed by atoms with Crippen LogP contribution < -0.4 is 10.6 Å². The van der Waals surface area contributed by atoms with Crippen LogP contribution in [0.5, 0.6) is 0 Å². The number of aliphatic carboxylic acids is 1. The maximum absolute atomic E-state index is 12.2. The molecule has 0 saturated heterocycles. The van der Waals surface area contributed by atoms with Gasteiger partial charge in [-0.2, -0.15) is 0 Å². The molecule has 2 atom stereocenters. The van der Waals surface area contributed by atoms with Crippen molar-refractivity contribution in [3.8, 4) is 0 Å². The van der Waals surface area contributed by atoms with Crippen LogP contribution in [0.25, 0.3) is 5.70 Å². The third-order valence-electron chi connectivity index (χ3n) is 5.99. The van der Waals surface area contributed by atoms with Crippen molar-refractivity contribution >= 4 is 23.3 Å². The van der Waals surface area contributed by atoms with E-state index in [2.05, 4.69) is 46.8 Å². The van der Waals surface area contributed by atoms with Crippen LogP contribution in [0, 0.1) is 5.92 Å². The number of hydrogen-bond donors (Lipinski definition) is 3. The molecule has 0 bridgehead atoms. The molecule has 3 N–H and O–H groups in total. The van der Waals surface area contributed by atoms with Crippen molar-refractivity contribution in [3.63, 3.8) is 0 Å². The number of anilines is 1. The first kappa shape index (κ1) is 25.6. The molecule has 0 aliphatic carbocycles. The van der Waals surface area contributed by atoms with Crippen LogP contribution in [0.15, 0.2) is 95.4 Å². The number of nitrogens with one attached hydrogen (secondary N) is 2. The molecule has 2 unspecified atom stereocenters. The van der Waals surface area contributed by atoms with E-state index in [0.717, 1.165) is 22.4 Å². The number of ether oxygens (including phenoxy) is 1. The molecule has 1 aliphatic heterocycles. The second kappa shape index (κ2) is 12.0. The quantitative estimate of drug-likeness (QED) is 0.309. The van der Waals surface area contributed by atoms with Crippen LogP contribution in [-0.2, 0) is 9.53 Å². The summed E-state index contributed by atoms with van der Waals surface area (Å²) in [5, 5.41) is 23.5. The maximum Gasteiger partial charge on any atom is 0.305 e. The Labute approximate surface area is 216 Å². The van der Waals surface area contributed by atoms with Crippen molar-refractivity contribution in [3.05, 3.63) is 107 Å². The second-order valence-corrected chi connectivity index (χ2v) is 9.08. The lowest BCUT2D eigenvalue weighted by Crippen LogP contribution is -2.26. The highest BCUT2D eigenvalue weighted by Crippen LogP contribution is 2.31. The molecule has 0 saturated carbocycles. The SMILES string of the molecule is CC(C)C(Nc1ccc(C(=O)NCCC(=O)O)cc1)c1ccc(C2N=NC(c3ccccc3)=CO2)cc1. The Morgan fingerprint density at radius 2 is 1.68 bits per heavy atom. The molecule has 1 heterocycles. The van der Waals surface area contributed by atoms with Gasteiger partial charge in [-0.05, 0) is 35.7 Å². The molecule has 190 valence electrons. The van der Waals surface area contributed by atoms with Crippen LogP contribution in [0.3, 0.4) is 0 Å². The largest absolute Gasteiger partial charge is 0.481 e. The molecule has 8 heteroatoms. The van der Waals surface area contributed by atoms with Crippen molar-refractivity contribution in [2.45, 2.75) is 32.5 Å². The van der Waals surface area contributed by atoms with Gasteiger partial charge >= 0.3 is 5.97 Å². The summed E-state index contributed by atoms with van der Waals surface area (Å²) in [5.41, 5.74) is 5.04. The highest BCUT2D eigenvalue weighted by Gasteiger charge is 2.19. The van der Waals surface area contributed by atoms with E-state index in [0.29, 0.717) is 17.2 Å². The van der Waals surface area contributed by atoms with Gasteiger partial charge in [0, 0.05) is 28.9 Å². The first-order chi connectivity index (χ1) is 17.9. The fourth-order valence-corrected chi connectivity index (χ4v) is 3.96. The number of azo groups is 1. The molecule has 0 radical (unpaired) electrons. The molecule has 37 heavy (non-hydrogen) atoms. The van der Waals surface area contributed by atoms with Crippen molar-refractivity contribution in [1.29, 1.82) is 0 Å². The highest BCUT2D eigenvalue weighted by molar-refractivity contribution is 5.94. The molecule has 4 rings (SSSR count). The topological polar surface area (TPSA) is 112 Å². The Hall–Kier alpha value is -4.46. The summed E-state index contributed by atoms with van der Waals surface area (Å²) in [6.45, 7) is 4.38. The van der Waals surface area contributed by atoms with E-state index in [9.17, 15) is 9.59 Å². The van der Waals surface area contributed by atoms with Gasteiger partial charge < -0.3 is 20.5 Å². The third kappa shape index (κ3) is 6.82. The lowest BCUT2D eigenvalue weighted by atomic mass is 9.94. The zero-order valence-corrected chi connectivity index (χ0v) is 20.8. The van der Waals surface area contributed by atoms with Crippen LogP contribution in [0.1, 0.15) is 59.6 Å². The number of carbonyl (C=O) groups excluding carboxylic acids is 1. The minimum absolute atomic E-state index is 0.0442. The zero-order valence-electron chi connectivity index (χ0n) is 20.8. The number of carboxylic acids is 1. The van der Waals surface area contributed by atoms with Gasteiger partial charge in [0.25, 0.3) is 5.91 Å². The lowest BCUT2D eigenvalue weighted by molar-refractivity contribution is -0.136. The molecule has 1 amide bonds.